The van der Waals surface area contributed by atoms with Crippen LogP contribution < -0.4 is 15.8 Å². The Morgan fingerprint density at radius 1 is 1.26 bits per heavy atom. The molecule has 1 aliphatic carbocycles. The lowest BCUT2D eigenvalue weighted by atomic mass is 9.93. The van der Waals surface area contributed by atoms with E-state index in [2.05, 4.69) is 11.4 Å². The summed E-state index contributed by atoms with van der Waals surface area (Å²) in [4.78, 5) is 11.3. The van der Waals surface area contributed by atoms with Gasteiger partial charge in [0.25, 0.3) is 0 Å². The molecule has 102 valence electrons. The molecular formula is C15H20N2O2. The number of aryl methyl sites for hydroxylation is 1. The Kier molecular flexibility index (Phi) is 3.42. The Bertz CT molecular complexity index is 487. The molecule has 3 rings (SSSR count). The number of carbonyl (C=O) groups excluding carboxylic acids is 1. The predicted octanol–water partition coefficient (Wildman–Crippen LogP) is 2.22. The Morgan fingerprint density at radius 3 is 3.00 bits per heavy atom. The smallest absolute Gasteiger partial charge is 0.224 e. The number of ether oxygens (including phenoxy) is 1. The second-order valence-corrected chi connectivity index (χ2v) is 5.53. The maximum Gasteiger partial charge on any atom is 0.224 e. The molecule has 19 heavy (non-hydrogen) atoms. The molecule has 1 aromatic carbocycles. The Labute approximate surface area is 113 Å². The van der Waals surface area contributed by atoms with E-state index in [9.17, 15) is 4.79 Å². The lowest BCUT2D eigenvalue weighted by Gasteiger charge is -2.28. The van der Waals surface area contributed by atoms with Crippen LogP contribution in [0.15, 0.2) is 18.2 Å². The van der Waals surface area contributed by atoms with Gasteiger partial charge in [-0.1, -0.05) is 0 Å². The fraction of sp³-hybridized carbons (Fsp3) is 0.533. The summed E-state index contributed by atoms with van der Waals surface area (Å²) in [7, 11) is 0. The van der Waals surface area contributed by atoms with Gasteiger partial charge in [0, 0.05) is 18.2 Å². The van der Waals surface area contributed by atoms with Gasteiger partial charge in [0.05, 0.1) is 0 Å². The quantitative estimate of drug-likeness (QED) is 0.857. The van der Waals surface area contributed by atoms with Crippen LogP contribution in [0.3, 0.4) is 0 Å². The van der Waals surface area contributed by atoms with Crippen LogP contribution in [0.5, 0.6) is 5.75 Å². The van der Waals surface area contributed by atoms with Crippen LogP contribution in [0.25, 0.3) is 0 Å². The van der Waals surface area contributed by atoms with E-state index >= 15 is 0 Å². The van der Waals surface area contributed by atoms with Crippen molar-refractivity contribution < 1.29 is 9.53 Å². The van der Waals surface area contributed by atoms with Crippen molar-refractivity contribution in [2.45, 2.75) is 50.7 Å². The monoisotopic (exact) mass is 260 g/mol. The zero-order valence-electron chi connectivity index (χ0n) is 11.0. The number of nitrogens with one attached hydrogen (secondary N) is 1. The fourth-order valence-corrected chi connectivity index (χ4v) is 2.91. The fourth-order valence-electron chi connectivity index (χ4n) is 2.91. The summed E-state index contributed by atoms with van der Waals surface area (Å²) in [5.41, 5.74) is 8.06. The van der Waals surface area contributed by atoms with Gasteiger partial charge in [-0.15, -0.1) is 0 Å². The minimum Gasteiger partial charge on any atom is -0.490 e. The molecule has 4 nitrogen and oxygen atoms in total. The first-order valence-corrected chi connectivity index (χ1v) is 7.06. The van der Waals surface area contributed by atoms with Crippen molar-refractivity contribution in [3.63, 3.8) is 0 Å². The molecule has 0 bridgehead atoms. The van der Waals surface area contributed by atoms with Gasteiger partial charge in [0.1, 0.15) is 11.9 Å². The summed E-state index contributed by atoms with van der Waals surface area (Å²) in [6, 6.07) is 6.19. The summed E-state index contributed by atoms with van der Waals surface area (Å²) in [6.07, 6.45) is 5.87. The minimum atomic E-state index is 0.0967. The number of nitrogens with two attached hydrogens (primary N) is 1. The molecule has 3 N–H and O–H groups in total. The van der Waals surface area contributed by atoms with Crippen LogP contribution in [0.2, 0.25) is 0 Å². The topological polar surface area (TPSA) is 64.3 Å². The molecular weight excluding hydrogens is 240 g/mol. The first-order valence-electron chi connectivity index (χ1n) is 7.06. The standard InChI is InChI=1S/C15H20N2O2/c16-11-2-1-3-12(9-11)19-13-5-6-14-10(8-13)4-7-15(18)17-14/h5-6,8,11-12H,1-4,7,9,16H2,(H,17,18). The van der Waals surface area contributed by atoms with Crippen LogP contribution in [-0.2, 0) is 11.2 Å². The van der Waals surface area contributed by atoms with E-state index < -0.39 is 0 Å². The number of fused-ring (bicyclic) bond motifs is 1. The van der Waals surface area contributed by atoms with E-state index in [0.29, 0.717) is 6.42 Å². The van der Waals surface area contributed by atoms with Gasteiger partial charge >= 0.3 is 0 Å². The third kappa shape index (κ3) is 2.89. The number of hydrogen-bond acceptors (Lipinski definition) is 3. The molecule has 4 heteroatoms. The van der Waals surface area contributed by atoms with E-state index in [-0.39, 0.29) is 18.1 Å². The number of hydrogen-bond donors (Lipinski definition) is 2. The van der Waals surface area contributed by atoms with Gasteiger partial charge in [-0.05, 0) is 55.9 Å². The SMILES string of the molecule is NC1CCCC(Oc2ccc3c(c2)CCC(=O)N3)C1. The van der Waals surface area contributed by atoms with Gasteiger partial charge in [-0.2, -0.15) is 0 Å². The number of carbonyl (C=O) groups is 1. The van der Waals surface area contributed by atoms with E-state index in [1.165, 1.54) is 0 Å². The van der Waals surface area contributed by atoms with Crippen molar-refractivity contribution in [2.24, 2.45) is 5.73 Å². The van der Waals surface area contributed by atoms with Crippen molar-refractivity contribution in [2.75, 3.05) is 5.32 Å². The molecule has 1 saturated carbocycles. The highest BCUT2D eigenvalue weighted by molar-refractivity contribution is 5.93. The summed E-state index contributed by atoms with van der Waals surface area (Å²) >= 11 is 0. The van der Waals surface area contributed by atoms with E-state index in [1.807, 2.05) is 12.1 Å². The molecule has 0 spiro atoms. The summed E-state index contributed by atoms with van der Waals surface area (Å²) in [5, 5.41) is 2.88. The van der Waals surface area contributed by atoms with Gasteiger partial charge in [0.2, 0.25) is 5.91 Å². The third-order valence-corrected chi connectivity index (χ3v) is 3.94. The average Bonchev–Trinajstić information content (AvgIpc) is 2.39. The predicted molar refractivity (Wildman–Crippen MR) is 74.3 cm³/mol. The Hall–Kier alpha value is -1.55. The minimum absolute atomic E-state index is 0.0967. The summed E-state index contributed by atoms with van der Waals surface area (Å²) < 4.78 is 6.03. The van der Waals surface area contributed by atoms with Crippen molar-refractivity contribution in [1.82, 2.24) is 0 Å². The van der Waals surface area contributed by atoms with E-state index in [4.69, 9.17) is 10.5 Å². The van der Waals surface area contributed by atoms with Crippen LogP contribution in [0.4, 0.5) is 5.69 Å². The lowest BCUT2D eigenvalue weighted by molar-refractivity contribution is -0.116. The molecule has 1 aromatic rings. The van der Waals surface area contributed by atoms with E-state index in [1.54, 1.807) is 0 Å². The molecule has 1 heterocycles. The summed E-state index contributed by atoms with van der Waals surface area (Å²) in [5.74, 6) is 0.994. The Balaban J connectivity index is 1.70. The van der Waals surface area contributed by atoms with Crippen LogP contribution in [0, 0.1) is 0 Å². The molecule has 1 fully saturated rings. The second kappa shape index (κ2) is 5.21. The van der Waals surface area contributed by atoms with Gasteiger partial charge in [0.15, 0.2) is 0 Å². The van der Waals surface area contributed by atoms with Gasteiger partial charge in [-0.25, -0.2) is 0 Å². The first-order chi connectivity index (χ1) is 9.20. The molecule has 0 radical (unpaired) electrons. The highest BCUT2D eigenvalue weighted by atomic mass is 16.5. The zero-order chi connectivity index (χ0) is 13.2. The molecule has 0 aromatic heterocycles. The van der Waals surface area contributed by atoms with Gasteiger partial charge in [-0.3, -0.25) is 4.79 Å². The number of amides is 1. The highest BCUT2D eigenvalue weighted by Gasteiger charge is 2.21. The van der Waals surface area contributed by atoms with Gasteiger partial charge < -0.3 is 15.8 Å². The number of benzene rings is 1. The third-order valence-electron chi connectivity index (χ3n) is 3.94. The summed E-state index contributed by atoms with van der Waals surface area (Å²) in [6.45, 7) is 0. The lowest BCUT2D eigenvalue weighted by Crippen LogP contribution is -2.33. The second-order valence-electron chi connectivity index (χ2n) is 5.53. The molecule has 1 aliphatic heterocycles. The zero-order valence-corrected chi connectivity index (χ0v) is 11.0. The maximum absolute atomic E-state index is 11.3. The maximum atomic E-state index is 11.3. The molecule has 2 aliphatic rings. The molecule has 2 atom stereocenters. The van der Waals surface area contributed by atoms with Crippen LogP contribution >= 0.6 is 0 Å². The van der Waals surface area contributed by atoms with Crippen molar-refractivity contribution in [3.05, 3.63) is 23.8 Å². The number of anilines is 1. The first kappa shape index (κ1) is 12.5. The van der Waals surface area contributed by atoms with Crippen molar-refractivity contribution >= 4 is 11.6 Å². The van der Waals surface area contributed by atoms with Crippen molar-refractivity contribution in [1.29, 1.82) is 0 Å². The normalized spacial score (nSPS) is 26.5. The van der Waals surface area contributed by atoms with E-state index in [0.717, 1.165) is 49.1 Å². The Morgan fingerprint density at radius 2 is 2.16 bits per heavy atom. The van der Waals surface area contributed by atoms with Crippen molar-refractivity contribution in [3.8, 4) is 5.75 Å². The largest absolute Gasteiger partial charge is 0.490 e. The number of rotatable bonds is 2. The van der Waals surface area contributed by atoms with Crippen LogP contribution in [-0.4, -0.2) is 18.1 Å². The molecule has 2 unspecified atom stereocenters. The molecule has 0 saturated heterocycles. The highest BCUT2D eigenvalue weighted by Crippen LogP contribution is 2.29. The van der Waals surface area contributed by atoms with Crippen LogP contribution in [0.1, 0.15) is 37.7 Å². The molecule has 1 amide bonds. The average molecular weight is 260 g/mol.